The van der Waals surface area contributed by atoms with Crippen LogP contribution in [-0.4, -0.2) is 43.5 Å². The fraction of sp³-hybridized carbons (Fsp3) is 0.571. The van der Waals surface area contributed by atoms with E-state index in [0.29, 0.717) is 19.6 Å². The molecule has 0 saturated carbocycles. The maximum Gasteiger partial charge on any atom is 0.418 e. The minimum Gasteiger partial charge on any atom is -0.353 e. The predicted molar refractivity (Wildman–Crippen MR) is 112 cm³/mol. The number of Topliss-reactive ketones (excluding diaryl/α,β-unsaturated/α-hetero) is 2. The van der Waals surface area contributed by atoms with Gasteiger partial charge in [-0.25, -0.2) is 0 Å². The summed E-state index contributed by atoms with van der Waals surface area (Å²) in [6, 6.07) is 1.88. The van der Waals surface area contributed by atoms with Crippen LogP contribution in [0.2, 0.25) is 5.02 Å². The Hall–Kier alpha value is -1.97. The fourth-order valence-corrected chi connectivity index (χ4v) is 3.46. The van der Waals surface area contributed by atoms with Crippen molar-refractivity contribution in [2.75, 3.05) is 25.1 Å². The van der Waals surface area contributed by atoms with E-state index in [1.165, 1.54) is 0 Å². The van der Waals surface area contributed by atoms with Crippen molar-refractivity contribution in [2.24, 2.45) is 16.8 Å². The Balaban J connectivity index is 2.47. The largest absolute Gasteiger partial charge is 0.418 e. The number of carbonyl (C=O) groups excluding carboxylic acids is 2. The Kier molecular flexibility index (Phi) is 8.62. The minimum atomic E-state index is -4.75. The molecule has 0 saturated heterocycles. The number of hydrogen-bond donors (Lipinski definition) is 1. The highest BCUT2D eigenvalue weighted by Gasteiger charge is 2.43. The van der Waals surface area contributed by atoms with E-state index in [1.54, 1.807) is 27.7 Å². The van der Waals surface area contributed by atoms with E-state index in [2.05, 4.69) is 10.3 Å². The predicted octanol–water partition coefficient (Wildman–Crippen LogP) is 5.00. The van der Waals surface area contributed by atoms with Gasteiger partial charge in [-0.15, -0.1) is 0 Å². The summed E-state index contributed by atoms with van der Waals surface area (Å²) in [5.74, 6) is -3.17. The lowest BCUT2D eigenvalue weighted by atomic mass is 9.83. The molecule has 0 fully saturated rings. The molecule has 1 aromatic carbocycles. The average molecular weight is 463 g/mol. The number of halogens is 4. The Morgan fingerprint density at radius 2 is 1.84 bits per heavy atom. The summed E-state index contributed by atoms with van der Waals surface area (Å²) < 4.78 is 51.6. The number of alkyl halides is 3. The number of aliphatic imine (C=N–C) groups is 1. The van der Waals surface area contributed by atoms with Gasteiger partial charge in [-0.3, -0.25) is 14.6 Å². The van der Waals surface area contributed by atoms with Crippen LogP contribution in [0, 0.1) is 11.8 Å². The van der Waals surface area contributed by atoms with Crippen molar-refractivity contribution in [3.05, 3.63) is 28.3 Å². The van der Waals surface area contributed by atoms with Crippen molar-refractivity contribution < 1.29 is 32.2 Å². The summed E-state index contributed by atoms with van der Waals surface area (Å²) in [4.78, 5) is 30.1. The summed E-state index contributed by atoms with van der Waals surface area (Å²) in [6.45, 7) is 7.75. The maximum absolute atomic E-state index is 13.6. The zero-order chi connectivity index (χ0) is 23.3. The minimum absolute atomic E-state index is 0.0897. The molecule has 1 aliphatic rings. The van der Waals surface area contributed by atoms with Gasteiger partial charge in [0.2, 0.25) is 0 Å². The number of hydrogen-bond acceptors (Lipinski definition) is 5. The molecule has 10 heteroatoms. The summed E-state index contributed by atoms with van der Waals surface area (Å²) in [7, 11) is 0. The summed E-state index contributed by atoms with van der Waals surface area (Å²) in [5.41, 5.74) is -1.81. The zero-order valence-electron chi connectivity index (χ0n) is 17.8. The average Bonchev–Trinajstić information content (AvgIpc) is 2.67. The highest BCUT2D eigenvalue weighted by atomic mass is 35.5. The highest BCUT2D eigenvalue weighted by Crippen LogP contribution is 2.41. The number of nitrogens with one attached hydrogen (secondary N) is 1. The molecule has 0 radical (unpaired) electrons. The SMILES string of the molecule is CCOC(CCN=C1Nc2c(cc(Cl)cc2C(F)(F)F)C(=O)C1C(=O)C(C)C)OCC. The number of carbonyl (C=O) groups is 2. The van der Waals surface area contributed by atoms with E-state index >= 15 is 0 Å². The molecule has 1 aliphatic heterocycles. The smallest absolute Gasteiger partial charge is 0.353 e. The quantitative estimate of drug-likeness (QED) is 0.413. The van der Waals surface area contributed by atoms with Gasteiger partial charge in [-0.05, 0) is 26.0 Å². The van der Waals surface area contributed by atoms with Crippen LogP contribution >= 0.6 is 11.6 Å². The monoisotopic (exact) mass is 462 g/mol. The molecule has 0 bridgehead atoms. The first kappa shape index (κ1) is 25.3. The van der Waals surface area contributed by atoms with Gasteiger partial charge in [0.05, 0.1) is 11.3 Å². The van der Waals surface area contributed by atoms with E-state index in [9.17, 15) is 22.8 Å². The van der Waals surface area contributed by atoms with E-state index < -0.39 is 47.1 Å². The van der Waals surface area contributed by atoms with Crippen molar-refractivity contribution in [1.29, 1.82) is 0 Å². The Morgan fingerprint density at radius 3 is 2.35 bits per heavy atom. The van der Waals surface area contributed by atoms with Crippen molar-refractivity contribution in [1.82, 2.24) is 0 Å². The molecule has 1 unspecified atom stereocenters. The summed E-state index contributed by atoms with van der Waals surface area (Å²) in [6.07, 6.45) is -4.99. The number of rotatable bonds is 9. The summed E-state index contributed by atoms with van der Waals surface area (Å²) in [5, 5.41) is 2.36. The summed E-state index contributed by atoms with van der Waals surface area (Å²) >= 11 is 5.83. The normalized spacial score (nSPS) is 17.9. The fourth-order valence-electron chi connectivity index (χ4n) is 3.24. The number of ketones is 2. The first-order valence-corrected chi connectivity index (χ1v) is 10.4. The van der Waals surface area contributed by atoms with Gasteiger partial charge in [0.1, 0.15) is 11.8 Å². The van der Waals surface area contributed by atoms with Crippen LogP contribution in [0.4, 0.5) is 18.9 Å². The van der Waals surface area contributed by atoms with Crippen LogP contribution in [0.1, 0.15) is 50.0 Å². The van der Waals surface area contributed by atoms with Gasteiger partial charge < -0.3 is 14.8 Å². The third-order valence-electron chi connectivity index (χ3n) is 4.67. The molecule has 2 rings (SSSR count). The molecule has 1 heterocycles. The van der Waals surface area contributed by atoms with Crippen LogP contribution < -0.4 is 5.32 Å². The topological polar surface area (TPSA) is 77.0 Å². The van der Waals surface area contributed by atoms with Crippen LogP contribution in [0.25, 0.3) is 0 Å². The van der Waals surface area contributed by atoms with Gasteiger partial charge >= 0.3 is 6.18 Å². The molecule has 1 atom stereocenters. The molecule has 0 amide bonds. The number of nitrogens with zero attached hydrogens (tertiary/aromatic N) is 1. The number of amidine groups is 1. The lowest BCUT2D eigenvalue weighted by Gasteiger charge is -2.29. The second kappa shape index (κ2) is 10.6. The van der Waals surface area contributed by atoms with E-state index in [0.717, 1.165) is 12.1 Å². The lowest BCUT2D eigenvalue weighted by Crippen LogP contribution is -2.43. The number of ether oxygens (including phenoxy) is 2. The first-order chi connectivity index (χ1) is 14.5. The third kappa shape index (κ3) is 6.05. The van der Waals surface area contributed by atoms with Crippen LogP contribution in [0.15, 0.2) is 17.1 Å². The van der Waals surface area contributed by atoms with Gasteiger partial charge in [-0.2, -0.15) is 13.2 Å². The molecule has 31 heavy (non-hydrogen) atoms. The Morgan fingerprint density at radius 1 is 1.23 bits per heavy atom. The van der Waals surface area contributed by atoms with Gasteiger partial charge in [-0.1, -0.05) is 25.4 Å². The Labute approximate surface area is 184 Å². The third-order valence-corrected chi connectivity index (χ3v) is 4.89. The number of fused-ring (bicyclic) bond motifs is 1. The zero-order valence-corrected chi connectivity index (χ0v) is 18.6. The number of benzene rings is 1. The van der Waals surface area contributed by atoms with E-state index in [1.807, 2.05) is 0 Å². The first-order valence-electron chi connectivity index (χ1n) is 10.0. The molecule has 0 aromatic heterocycles. The standard InChI is InChI=1S/C21H26ClF3N2O4/c1-5-30-15(31-6-2)7-8-26-20-16(18(28)11(3)4)19(29)13-9-12(22)10-14(17(13)27-20)21(23,24)25/h9-11,15-16H,5-8H2,1-4H3,(H,26,27). The van der Waals surface area contributed by atoms with Crippen molar-refractivity contribution in [3.8, 4) is 0 Å². The second-order valence-electron chi connectivity index (χ2n) is 7.25. The van der Waals surface area contributed by atoms with Gasteiger partial charge in [0.25, 0.3) is 0 Å². The van der Waals surface area contributed by atoms with Crippen LogP contribution in [0.5, 0.6) is 0 Å². The van der Waals surface area contributed by atoms with Crippen molar-refractivity contribution >= 4 is 34.7 Å². The lowest BCUT2D eigenvalue weighted by molar-refractivity contribution is -0.138. The molecule has 1 aromatic rings. The van der Waals surface area contributed by atoms with Crippen molar-refractivity contribution in [3.63, 3.8) is 0 Å². The Bertz CT molecular complexity index is 850. The van der Waals surface area contributed by atoms with E-state index in [4.69, 9.17) is 21.1 Å². The second-order valence-corrected chi connectivity index (χ2v) is 7.69. The molecule has 172 valence electrons. The van der Waals surface area contributed by atoms with Crippen LogP contribution in [0.3, 0.4) is 0 Å². The number of anilines is 1. The molecular weight excluding hydrogens is 437 g/mol. The highest BCUT2D eigenvalue weighted by molar-refractivity contribution is 6.35. The van der Waals surface area contributed by atoms with Crippen LogP contribution in [-0.2, 0) is 20.4 Å². The van der Waals surface area contributed by atoms with Gasteiger partial charge in [0, 0.05) is 42.7 Å². The van der Waals surface area contributed by atoms with Crippen molar-refractivity contribution in [2.45, 2.75) is 46.6 Å². The maximum atomic E-state index is 13.6. The molecule has 0 aliphatic carbocycles. The molecule has 0 spiro atoms. The van der Waals surface area contributed by atoms with E-state index in [-0.39, 0.29) is 23.0 Å². The molecule has 6 nitrogen and oxygen atoms in total. The molecule has 1 N–H and O–H groups in total. The molecular formula is C21H26ClF3N2O4. The van der Waals surface area contributed by atoms with Gasteiger partial charge in [0.15, 0.2) is 17.9 Å².